The first-order chi connectivity index (χ1) is 10.2. The number of ether oxygens (including phenoxy) is 2. The molecule has 0 radical (unpaired) electrons. The van der Waals surface area contributed by atoms with Gasteiger partial charge in [0, 0.05) is 13.1 Å². The van der Waals surface area contributed by atoms with Crippen LogP contribution in [0.15, 0.2) is 42.5 Å². The van der Waals surface area contributed by atoms with E-state index >= 15 is 0 Å². The minimum atomic E-state index is 0.637. The normalized spacial score (nSPS) is 10.4. The van der Waals surface area contributed by atoms with Gasteiger partial charge in [0.2, 0.25) is 0 Å². The molecule has 0 aromatic heterocycles. The van der Waals surface area contributed by atoms with E-state index < -0.39 is 0 Å². The van der Waals surface area contributed by atoms with E-state index in [4.69, 9.17) is 9.47 Å². The zero-order valence-corrected chi connectivity index (χ0v) is 14.5. The Labute approximate surface area is 139 Å². The van der Waals surface area contributed by atoms with E-state index in [2.05, 4.69) is 58.2 Å². The second-order valence-corrected chi connectivity index (χ2v) is 5.79. The van der Waals surface area contributed by atoms with E-state index in [0.29, 0.717) is 6.61 Å². The quantitative estimate of drug-likeness (QED) is 0.717. The molecular weight excluding hydrogens is 377 g/mol. The van der Waals surface area contributed by atoms with Gasteiger partial charge in [0.25, 0.3) is 0 Å². The molecule has 4 heteroatoms. The summed E-state index contributed by atoms with van der Waals surface area (Å²) < 4.78 is 12.1. The van der Waals surface area contributed by atoms with Crippen molar-refractivity contribution in [2.24, 2.45) is 0 Å². The van der Waals surface area contributed by atoms with E-state index in [1.807, 2.05) is 19.1 Å². The van der Waals surface area contributed by atoms with Crippen LogP contribution in [0.1, 0.15) is 18.1 Å². The third-order valence-corrected chi connectivity index (χ3v) is 3.88. The first-order valence-corrected chi connectivity index (χ1v) is 8.06. The number of hydrogen-bond acceptors (Lipinski definition) is 3. The summed E-state index contributed by atoms with van der Waals surface area (Å²) in [5.74, 6) is 1.62. The van der Waals surface area contributed by atoms with E-state index in [9.17, 15) is 0 Å². The Morgan fingerprint density at radius 3 is 2.43 bits per heavy atom. The van der Waals surface area contributed by atoms with Crippen LogP contribution in [-0.4, -0.2) is 13.7 Å². The largest absolute Gasteiger partial charge is 0.493 e. The standard InChI is InChI=1S/C17H20INO2/c1-3-21-17-15(18)9-14(10-16(17)20-2)12-19-11-13-7-5-4-6-8-13/h4-10,19H,3,11-12H2,1-2H3. The highest BCUT2D eigenvalue weighted by Gasteiger charge is 2.10. The van der Waals surface area contributed by atoms with Crippen LogP contribution in [-0.2, 0) is 13.1 Å². The van der Waals surface area contributed by atoms with Crippen molar-refractivity contribution < 1.29 is 9.47 Å². The highest BCUT2D eigenvalue weighted by molar-refractivity contribution is 14.1. The molecule has 1 N–H and O–H groups in total. The molecule has 2 aromatic rings. The predicted octanol–water partition coefficient (Wildman–Crippen LogP) is 3.99. The molecule has 0 aliphatic carbocycles. The summed E-state index contributed by atoms with van der Waals surface area (Å²) in [6.45, 7) is 4.27. The average Bonchev–Trinajstić information content (AvgIpc) is 2.51. The van der Waals surface area contributed by atoms with Crippen molar-refractivity contribution in [2.75, 3.05) is 13.7 Å². The summed E-state index contributed by atoms with van der Waals surface area (Å²) in [6, 6.07) is 14.5. The molecule has 0 heterocycles. The summed E-state index contributed by atoms with van der Waals surface area (Å²) in [6.07, 6.45) is 0. The van der Waals surface area contributed by atoms with Crippen LogP contribution in [0.4, 0.5) is 0 Å². The monoisotopic (exact) mass is 397 g/mol. The molecule has 112 valence electrons. The maximum Gasteiger partial charge on any atom is 0.174 e. The first-order valence-electron chi connectivity index (χ1n) is 6.98. The molecule has 0 aliphatic heterocycles. The van der Waals surface area contributed by atoms with Gasteiger partial charge in [-0.05, 0) is 52.8 Å². The zero-order valence-electron chi connectivity index (χ0n) is 12.4. The van der Waals surface area contributed by atoms with Gasteiger partial charge < -0.3 is 14.8 Å². The molecule has 2 aromatic carbocycles. The molecule has 0 amide bonds. The average molecular weight is 397 g/mol. The lowest BCUT2D eigenvalue weighted by molar-refractivity contribution is 0.308. The lowest BCUT2D eigenvalue weighted by Crippen LogP contribution is -2.13. The van der Waals surface area contributed by atoms with Crippen LogP contribution in [0.3, 0.4) is 0 Å². The van der Waals surface area contributed by atoms with Crippen molar-refractivity contribution >= 4 is 22.6 Å². The van der Waals surface area contributed by atoms with Gasteiger partial charge in [-0.3, -0.25) is 0 Å². The Balaban J connectivity index is 2.02. The van der Waals surface area contributed by atoms with E-state index in [0.717, 1.165) is 28.2 Å². The second kappa shape index (κ2) is 8.24. The lowest BCUT2D eigenvalue weighted by atomic mass is 10.2. The molecule has 0 atom stereocenters. The summed E-state index contributed by atoms with van der Waals surface area (Å²) in [7, 11) is 1.68. The Morgan fingerprint density at radius 1 is 1.05 bits per heavy atom. The lowest BCUT2D eigenvalue weighted by Gasteiger charge is -2.14. The van der Waals surface area contributed by atoms with Crippen LogP contribution < -0.4 is 14.8 Å². The van der Waals surface area contributed by atoms with Gasteiger partial charge in [0.05, 0.1) is 17.3 Å². The summed E-state index contributed by atoms with van der Waals surface area (Å²) >= 11 is 2.29. The minimum Gasteiger partial charge on any atom is -0.493 e. The van der Waals surface area contributed by atoms with Crippen molar-refractivity contribution in [3.05, 3.63) is 57.2 Å². The van der Waals surface area contributed by atoms with Crippen LogP contribution in [0, 0.1) is 3.57 Å². The fourth-order valence-electron chi connectivity index (χ4n) is 2.11. The van der Waals surface area contributed by atoms with Gasteiger partial charge in [-0.1, -0.05) is 30.3 Å². The van der Waals surface area contributed by atoms with Crippen LogP contribution in [0.5, 0.6) is 11.5 Å². The van der Waals surface area contributed by atoms with Gasteiger partial charge in [0.15, 0.2) is 11.5 Å². The molecule has 2 rings (SSSR count). The maximum atomic E-state index is 5.63. The van der Waals surface area contributed by atoms with Crippen molar-refractivity contribution in [2.45, 2.75) is 20.0 Å². The Hall–Kier alpha value is -1.27. The minimum absolute atomic E-state index is 0.637. The molecule has 0 aliphatic rings. The Morgan fingerprint density at radius 2 is 1.76 bits per heavy atom. The van der Waals surface area contributed by atoms with Crippen molar-refractivity contribution in [3.63, 3.8) is 0 Å². The number of hydrogen-bond donors (Lipinski definition) is 1. The van der Waals surface area contributed by atoms with E-state index in [-0.39, 0.29) is 0 Å². The molecule has 0 fully saturated rings. The summed E-state index contributed by atoms with van der Waals surface area (Å²) in [4.78, 5) is 0. The number of halogens is 1. The topological polar surface area (TPSA) is 30.5 Å². The molecule has 0 spiro atoms. The third kappa shape index (κ3) is 4.61. The zero-order chi connectivity index (χ0) is 15.1. The van der Waals surface area contributed by atoms with Crippen LogP contribution in [0.2, 0.25) is 0 Å². The summed E-state index contributed by atoms with van der Waals surface area (Å²) in [5, 5.41) is 3.45. The molecule has 0 saturated heterocycles. The van der Waals surface area contributed by atoms with Crippen LogP contribution >= 0.6 is 22.6 Å². The van der Waals surface area contributed by atoms with E-state index in [1.54, 1.807) is 7.11 Å². The van der Waals surface area contributed by atoms with Gasteiger partial charge in [-0.2, -0.15) is 0 Å². The van der Waals surface area contributed by atoms with Gasteiger partial charge in [0.1, 0.15) is 0 Å². The number of methoxy groups -OCH3 is 1. The maximum absolute atomic E-state index is 5.63. The number of nitrogens with one attached hydrogen (secondary N) is 1. The molecular formula is C17H20INO2. The van der Waals surface area contributed by atoms with Gasteiger partial charge in [-0.25, -0.2) is 0 Å². The third-order valence-electron chi connectivity index (χ3n) is 3.08. The molecule has 21 heavy (non-hydrogen) atoms. The van der Waals surface area contributed by atoms with E-state index in [1.165, 1.54) is 11.1 Å². The smallest absolute Gasteiger partial charge is 0.174 e. The van der Waals surface area contributed by atoms with Crippen molar-refractivity contribution in [1.29, 1.82) is 0 Å². The van der Waals surface area contributed by atoms with Crippen molar-refractivity contribution in [1.82, 2.24) is 5.32 Å². The fourth-order valence-corrected chi connectivity index (χ4v) is 2.93. The number of rotatable bonds is 7. The first kappa shape index (κ1) is 16.1. The van der Waals surface area contributed by atoms with Crippen LogP contribution in [0.25, 0.3) is 0 Å². The number of benzene rings is 2. The SMILES string of the molecule is CCOc1c(I)cc(CNCc2ccccc2)cc1OC. The highest BCUT2D eigenvalue weighted by Crippen LogP contribution is 2.33. The molecule has 3 nitrogen and oxygen atoms in total. The highest BCUT2D eigenvalue weighted by atomic mass is 127. The van der Waals surface area contributed by atoms with Crippen molar-refractivity contribution in [3.8, 4) is 11.5 Å². The molecule has 0 bridgehead atoms. The Kier molecular flexibility index (Phi) is 6.32. The van der Waals surface area contributed by atoms with Gasteiger partial charge in [-0.15, -0.1) is 0 Å². The van der Waals surface area contributed by atoms with Gasteiger partial charge >= 0.3 is 0 Å². The molecule has 0 unspecified atom stereocenters. The fraction of sp³-hybridized carbons (Fsp3) is 0.294. The second-order valence-electron chi connectivity index (χ2n) is 4.63. The Bertz CT molecular complexity index is 573. The summed E-state index contributed by atoms with van der Waals surface area (Å²) in [5.41, 5.74) is 2.47. The predicted molar refractivity (Wildman–Crippen MR) is 93.9 cm³/mol. The molecule has 0 saturated carbocycles.